The second kappa shape index (κ2) is 7.77. The van der Waals surface area contributed by atoms with E-state index in [4.69, 9.17) is 4.42 Å². The molecule has 0 unspecified atom stereocenters. The first-order valence-corrected chi connectivity index (χ1v) is 7.99. The van der Waals surface area contributed by atoms with Crippen molar-refractivity contribution in [3.05, 3.63) is 29.0 Å². The first kappa shape index (κ1) is 18.7. The normalized spacial score (nSPS) is 14.9. The molecule has 1 aromatic rings. The largest absolute Gasteiger partial charge is 0.465 e. The van der Waals surface area contributed by atoms with Gasteiger partial charge < -0.3 is 14.5 Å². The highest BCUT2D eigenvalue weighted by Crippen LogP contribution is 2.20. The predicted octanol–water partition coefficient (Wildman–Crippen LogP) is 0.994. The molecule has 2 rings (SSSR count). The fourth-order valence-corrected chi connectivity index (χ4v) is 3.01. The molecule has 0 atom stereocenters. The fraction of sp³-hybridized carbons (Fsp3) is 0.462. The molecule has 22 heavy (non-hydrogen) atoms. The molecule has 0 fully saturated rings. The van der Waals surface area contributed by atoms with E-state index in [0.717, 1.165) is 25.1 Å². The summed E-state index contributed by atoms with van der Waals surface area (Å²) in [5, 5.41) is 2.87. The molecule has 1 aromatic heterocycles. The molecule has 124 valence electrons. The third-order valence-corrected chi connectivity index (χ3v) is 4.47. The average Bonchev–Trinajstić information content (AvgIpc) is 2.88. The van der Waals surface area contributed by atoms with Crippen molar-refractivity contribution in [3.63, 3.8) is 0 Å². The molecule has 7 nitrogen and oxygen atoms in total. The van der Waals surface area contributed by atoms with Crippen molar-refractivity contribution in [2.45, 2.75) is 18.4 Å². The van der Waals surface area contributed by atoms with Crippen LogP contribution in [0.4, 0.5) is 0 Å². The molecule has 1 aliphatic rings. The Morgan fingerprint density at radius 2 is 2.23 bits per heavy atom. The molecule has 0 saturated carbocycles. The standard InChI is InChI=1S/C13H18N2O5S.ClH/c1-9-11(13(16)19-2)7-12(20-9)21(17,18)15-8-10-3-5-14-6-4-10;/h3,7,14-15H,4-6,8H2,1-2H3;1H. The molecule has 0 bridgehead atoms. The van der Waals surface area contributed by atoms with Crippen LogP contribution in [0.2, 0.25) is 0 Å². The number of esters is 1. The summed E-state index contributed by atoms with van der Waals surface area (Å²) in [5.41, 5.74) is 1.13. The number of hydrogen-bond donors (Lipinski definition) is 2. The fourth-order valence-electron chi connectivity index (χ4n) is 1.99. The SMILES string of the molecule is COC(=O)c1cc(S(=O)(=O)NCC2=CCNCC2)oc1C.Cl. The molecular formula is C13H19ClN2O5S. The van der Waals surface area contributed by atoms with E-state index in [-0.39, 0.29) is 35.4 Å². The summed E-state index contributed by atoms with van der Waals surface area (Å²) in [5.74, 6) is -0.415. The maximum absolute atomic E-state index is 12.2. The quantitative estimate of drug-likeness (QED) is 0.607. The highest BCUT2D eigenvalue weighted by Gasteiger charge is 2.24. The lowest BCUT2D eigenvalue weighted by Crippen LogP contribution is -2.29. The highest BCUT2D eigenvalue weighted by molar-refractivity contribution is 7.89. The molecular weight excluding hydrogens is 332 g/mol. The molecule has 0 spiro atoms. The Bertz CT molecular complexity index is 666. The minimum absolute atomic E-state index is 0. The summed E-state index contributed by atoms with van der Waals surface area (Å²) < 4.78 is 36.5. The molecule has 1 aliphatic heterocycles. The first-order chi connectivity index (χ1) is 9.94. The van der Waals surface area contributed by atoms with E-state index in [2.05, 4.69) is 14.8 Å². The lowest BCUT2D eigenvalue weighted by molar-refractivity contribution is 0.0599. The van der Waals surface area contributed by atoms with Crippen molar-refractivity contribution < 1.29 is 22.4 Å². The summed E-state index contributed by atoms with van der Waals surface area (Å²) in [6.45, 7) is 3.32. The molecule has 2 heterocycles. The smallest absolute Gasteiger partial charge is 0.341 e. The van der Waals surface area contributed by atoms with Crippen LogP contribution in [0.25, 0.3) is 0 Å². The number of rotatable bonds is 5. The predicted molar refractivity (Wildman–Crippen MR) is 82.8 cm³/mol. The Hall–Kier alpha value is -1.35. The van der Waals surface area contributed by atoms with E-state index in [0.29, 0.717) is 0 Å². The van der Waals surface area contributed by atoms with Crippen molar-refractivity contribution in [2.75, 3.05) is 26.7 Å². The third-order valence-electron chi connectivity index (χ3n) is 3.21. The maximum atomic E-state index is 12.2. The summed E-state index contributed by atoms with van der Waals surface area (Å²) in [7, 11) is -2.56. The van der Waals surface area contributed by atoms with E-state index in [1.807, 2.05) is 6.08 Å². The summed E-state index contributed by atoms with van der Waals surface area (Å²) in [6.07, 6.45) is 2.76. The minimum Gasteiger partial charge on any atom is -0.465 e. The minimum atomic E-state index is -3.79. The maximum Gasteiger partial charge on any atom is 0.341 e. The summed E-state index contributed by atoms with van der Waals surface area (Å²) in [4.78, 5) is 11.5. The van der Waals surface area contributed by atoms with Crippen LogP contribution < -0.4 is 10.0 Å². The lowest BCUT2D eigenvalue weighted by atomic mass is 10.1. The van der Waals surface area contributed by atoms with Crippen molar-refractivity contribution in [2.24, 2.45) is 0 Å². The van der Waals surface area contributed by atoms with Gasteiger partial charge in [0.05, 0.1) is 7.11 Å². The van der Waals surface area contributed by atoms with Crippen LogP contribution in [-0.2, 0) is 14.8 Å². The van der Waals surface area contributed by atoms with Crippen molar-refractivity contribution in [1.29, 1.82) is 0 Å². The first-order valence-electron chi connectivity index (χ1n) is 6.51. The molecule has 0 saturated heterocycles. The van der Waals surface area contributed by atoms with Gasteiger partial charge in [0.25, 0.3) is 10.0 Å². The Labute approximate surface area is 135 Å². The molecule has 2 N–H and O–H groups in total. The van der Waals surface area contributed by atoms with Crippen LogP contribution in [0.15, 0.2) is 27.2 Å². The molecule has 0 radical (unpaired) electrons. The van der Waals surface area contributed by atoms with Gasteiger partial charge >= 0.3 is 5.97 Å². The number of methoxy groups -OCH3 is 1. The van der Waals surface area contributed by atoms with E-state index < -0.39 is 16.0 Å². The molecule has 0 aromatic carbocycles. The van der Waals surface area contributed by atoms with Crippen LogP contribution in [-0.4, -0.2) is 41.1 Å². The van der Waals surface area contributed by atoms with E-state index in [1.54, 1.807) is 0 Å². The zero-order valence-electron chi connectivity index (χ0n) is 12.3. The van der Waals surface area contributed by atoms with E-state index >= 15 is 0 Å². The Balaban J connectivity index is 0.00000242. The zero-order chi connectivity index (χ0) is 15.5. The highest BCUT2D eigenvalue weighted by atomic mass is 35.5. The second-order valence-electron chi connectivity index (χ2n) is 4.67. The van der Waals surface area contributed by atoms with Gasteiger partial charge in [-0.1, -0.05) is 11.6 Å². The van der Waals surface area contributed by atoms with Crippen LogP contribution in [0, 0.1) is 6.92 Å². The van der Waals surface area contributed by atoms with Gasteiger partial charge in [-0.3, -0.25) is 0 Å². The Morgan fingerprint density at radius 1 is 1.50 bits per heavy atom. The number of carbonyl (C=O) groups excluding carboxylic acids is 1. The number of halogens is 1. The zero-order valence-corrected chi connectivity index (χ0v) is 14.0. The monoisotopic (exact) mass is 350 g/mol. The Morgan fingerprint density at radius 3 is 2.82 bits per heavy atom. The van der Waals surface area contributed by atoms with Gasteiger partial charge in [-0.25, -0.2) is 17.9 Å². The number of hydrogen-bond acceptors (Lipinski definition) is 6. The average molecular weight is 351 g/mol. The number of nitrogens with one attached hydrogen (secondary N) is 2. The number of aryl methyl sites for hydroxylation is 1. The number of sulfonamides is 1. The topological polar surface area (TPSA) is 97.6 Å². The van der Waals surface area contributed by atoms with Crippen LogP contribution in [0.3, 0.4) is 0 Å². The van der Waals surface area contributed by atoms with Crippen molar-refractivity contribution in [3.8, 4) is 0 Å². The summed E-state index contributed by atoms with van der Waals surface area (Å²) in [6, 6.07) is 1.18. The summed E-state index contributed by atoms with van der Waals surface area (Å²) >= 11 is 0. The van der Waals surface area contributed by atoms with Gasteiger partial charge in [-0.15, -0.1) is 12.4 Å². The molecule has 0 amide bonds. The van der Waals surface area contributed by atoms with Gasteiger partial charge in [0, 0.05) is 19.2 Å². The third kappa shape index (κ3) is 4.33. The van der Waals surface area contributed by atoms with E-state index in [1.165, 1.54) is 20.1 Å². The Kier molecular flexibility index (Phi) is 6.61. The van der Waals surface area contributed by atoms with E-state index in [9.17, 15) is 13.2 Å². The number of furan rings is 1. The number of carbonyl (C=O) groups is 1. The van der Waals surface area contributed by atoms with Gasteiger partial charge in [-0.05, 0) is 19.9 Å². The van der Waals surface area contributed by atoms with Crippen LogP contribution in [0.1, 0.15) is 22.5 Å². The lowest BCUT2D eigenvalue weighted by Gasteiger charge is -2.14. The van der Waals surface area contributed by atoms with Crippen LogP contribution in [0.5, 0.6) is 0 Å². The molecule has 0 aliphatic carbocycles. The van der Waals surface area contributed by atoms with Crippen LogP contribution >= 0.6 is 12.4 Å². The van der Waals surface area contributed by atoms with Gasteiger partial charge in [0.15, 0.2) is 0 Å². The second-order valence-corrected chi connectivity index (χ2v) is 6.37. The molecule has 9 heteroatoms. The van der Waals surface area contributed by atoms with Crippen molar-refractivity contribution in [1.82, 2.24) is 10.0 Å². The van der Waals surface area contributed by atoms with Gasteiger partial charge in [0.2, 0.25) is 5.09 Å². The number of ether oxygens (including phenoxy) is 1. The van der Waals surface area contributed by atoms with Crippen molar-refractivity contribution >= 4 is 28.4 Å². The van der Waals surface area contributed by atoms with Gasteiger partial charge in [-0.2, -0.15) is 0 Å². The van der Waals surface area contributed by atoms with Gasteiger partial charge in [0.1, 0.15) is 11.3 Å².